The van der Waals surface area contributed by atoms with Crippen molar-refractivity contribution >= 4 is 39.3 Å². The van der Waals surface area contributed by atoms with Crippen LogP contribution in [-0.4, -0.2) is 74.6 Å². The number of thiophene rings is 1. The molecule has 0 bridgehead atoms. The topological polar surface area (TPSA) is 107 Å². The second kappa shape index (κ2) is 9.35. The SMILES string of the molecule is CC(C)CC(C(=O)N1CCN(Cc2nc3ccsc3c(=O)[nH]2)CC1)N1C(=O)c2ccccc2C1=O. The highest BCUT2D eigenvalue weighted by atomic mass is 32.1. The minimum Gasteiger partial charge on any atom is -0.338 e. The Balaban J connectivity index is 1.28. The van der Waals surface area contributed by atoms with Gasteiger partial charge in [-0.15, -0.1) is 11.3 Å². The molecule has 0 saturated carbocycles. The molecule has 5 rings (SSSR count). The number of fused-ring (bicyclic) bond motifs is 2. The lowest BCUT2D eigenvalue weighted by molar-refractivity contribution is -0.137. The van der Waals surface area contributed by atoms with Gasteiger partial charge in [-0.3, -0.25) is 29.0 Å². The van der Waals surface area contributed by atoms with Gasteiger partial charge in [0.25, 0.3) is 17.4 Å². The molecule has 3 aromatic rings. The fourth-order valence-corrected chi connectivity index (χ4v) is 5.53. The van der Waals surface area contributed by atoms with Crippen LogP contribution in [0.25, 0.3) is 10.2 Å². The third-order valence-corrected chi connectivity index (χ3v) is 7.44. The van der Waals surface area contributed by atoms with Crippen LogP contribution in [0.2, 0.25) is 0 Å². The molecule has 1 saturated heterocycles. The summed E-state index contributed by atoms with van der Waals surface area (Å²) in [7, 11) is 0. The molecule has 2 aliphatic heterocycles. The van der Waals surface area contributed by atoms with E-state index >= 15 is 0 Å². The van der Waals surface area contributed by atoms with Gasteiger partial charge >= 0.3 is 0 Å². The Morgan fingerprint density at radius 2 is 1.69 bits per heavy atom. The summed E-state index contributed by atoms with van der Waals surface area (Å²) in [6.07, 6.45) is 0.413. The Kier molecular flexibility index (Phi) is 6.24. The first-order chi connectivity index (χ1) is 16.8. The Bertz CT molecular complexity index is 1320. The molecule has 1 atom stereocenters. The van der Waals surface area contributed by atoms with Crippen LogP contribution in [0.1, 0.15) is 46.8 Å². The molecular weight excluding hydrogens is 466 g/mol. The van der Waals surface area contributed by atoms with Gasteiger partial charge in [-0.05, 0) is 35.9 Å². The molecule has 0 radical (unpaired) electrons. The van der Waals surface area contributed by atoms with E-state index in [0.717, 1.165) is 4.90 Å². The van der Waals surface area contributed by atoms with Crippen molar-refractivity contribution in [2.45, 2.75) is 32.9 Å². The number of nitrogens with zero attached hydrogens (tertiary/aromatic N) is 4. The number of rotatable bonds is 6. The maximum atomic E-state index is 13.6. The number of hydrogen-bond acceptors (Lipinski definition) is 7. The summed E-state index contributed by atoms with van der Waals surface area (Å²) in [5.74, 6) is -0.267. The van der Waals surface area contributed by atoms with Crippen LogP contribution in [0, 0.1) is 5.92 Å². The quantitative estimate of drug-likeness (QED) is 0.529. The van der Waals surface area contributed by atoms with Gasteiger partial charge in [0.15, 0.2) is 0 Å². The average Bonchev–Trinajstić information content (AvgIpc) is 3.41. The van der Waals surface area contributed by atoms with Crippen molar-refractivity contribution in [3.8, 4) is 0 Å². The van der Waals surface area contributed by atoms with E-state index in [0.29, 0.717) is 66.3 Å². The maximum Gasteiger partial charge on any atom is 0.268 e. The normalized spacial score (nSPS) is 17.5. The van der Waals surface area contributed by atoms with Gasteiger partial charge in [0.1, 0.15) is 16.6 Å². The van der Waals surface area contributed by atoms with Crippen molar-refractivity contribution in [3.05, 3.63) is 63.0 Å². The Hall–Kier alpha value is -3.37. The Labute approximate surface area is 206 Å². The summed E-state index contributed by atoms with van der Waals surface area (Å²) < 4.78 is 0.619. The van der Waals surface area contributed by atoms with Gasteiger partial charge in [-0.25, -0.2) is 4.98 Å². The molecule has 2 aromatic heterocycles. The smallest absolute Gasteiger partial charge is 0.268 e. The molecule has 35 heavy (non-hydrogen) atoms. The standard InChI is InChI=1S/C25H27N5O4S/c1-15(2)13-19(30-23(32)16-5-3-4-6-17(16)24(30)33)25(34)29-10-8-28(9-11-29)14-20-26-18-7-12-35-21(18)22(31)27-20/h3-7,12,15,19H,8-11,13-14H2,1-2H3,(H,26,27,31). The first-order valence-corrected chi connectivity index (χ1v) is 12.7. The van der Waals surface area contributed by atoms with Gasteiger partial charge in [-0.2, -0.15) is 0 Å². The first kappa shape index (κ1) is 23.4. The van der Waals surface area contributed by atoms with Gasteiger partial charge in [0.05, 0.1) is 23.2 Å². The molecule has 1 fully saturated rings. The molecule has 1 N–H and O–H groups in total. The van der Waals surface area contributed by atoms with Crippen molar-refractivity contribution < 1.29 is 14.4 Å². The summed E-state index contributed by atoms with van der Waals surface area (Å²) >= 11 is 1.37. The molecule has 1 unspecified atom stereocenters. The molecule has 0 spiro atoms. The molecule has 0 aliphatic carbocycles. The van der Waals surface area contributed by atoms with Crippen LogP contribution >= 0.6 is 11.3 Å². The number of hydrogen-bond donors (Lipinski definition) is 1. The number of amides is 3. The van der Waals surface area contributed by atoms with E-state index in [1.807, 2.05) is 25.3 Å². The zero-order valence-corrected chi connectivity index (χ0v) is 20.5. The van der Waals surface area contributed by atoms with Crippen molar-refractivity contribution in [1.82, 2.24) is 24.7 Å². The van der Waals surface area contributed by atoms with E-state index in [1.165, 1.54) is 11.3 Å². The number of aromatic amines is 1. The van der Waals surface area contributed by atoms with Gasteiger partial charge in [0, 0.05) is 26.2 Å². The third kappa shape index (κ3) is 4.39. The van der Waals surface area contributed by atoms with Crippen LogP contribution in [0.4, 0.5) is 0 Å². The number of nitrogens with one attached hydrogen (secondary N) is 1. The lowest BCUT2D eigenvalue weighted by Gasteiger charge is -2.38. The number of benzene rings is 1. The second-order valence-electron chi connectivity index (χ2n) is 9.42. The number of carbonyl (C=O) groups is 3. The molecular formula is C25H27N5O4S. The summed E-state index contributed by atoms with van der Waals surface area (Å²) in [5, 5.41) is 1.85. The lowest BCUT2D eigenvalue weighted by Crippen LogP contribution is -2.56. The molecule has 9 nitrogen and oxygen atoms in total. The maximum absolute atomic E-state index is 13.6. The van der Waals surface area contributed by atoms with Crippen LogP contribution in [0.3, 0.4) is 0 Å². The molecule has 10 heteroatoms. The number of H-pyrrole nitrogens is 1. The van der Waals surface area contributed by atoms with E-state index in [2.05, 4.69) is 14.9 Å². The van der Waals surface area contributed by atoms with Gasteiger partial charge in [-0.1, -0.05) is 26.0 Å². The zero-order valence-electron chi connectivity index (χ0n) is 19.7. The molecule has 3 amide bonds. The zero-order chi connectivity index (χ0) is 24.7. The number of aromatic nitrogens is 2. The van der Waals surface area contributed by atoms with E-state index < -0.39 is 17.9 Å². The van der Waals surface area contributed by atoms with Crippen molar-refractivity contribution in [2.75, 3.05) is 26.2 Å². The molecule has 1 aromatic carbocycles. The monoisotopic (exact) mass is 493 g/mol. The fraction of sp³-hybridized carbons (Fsp3) is 0.400. The number of carbonyl (C=O) groups excluding carboxylic acids is 3. The van der Waals surface area contributed by atoms with Gasteiger partial charge in [0.2, 0.25) is 5.91 Å². The number of imide groups is 1. The minimum atomic E-state index is -0.826. The minimum absolute atomic E-state index is 0.129. The highest BCUT2D eigenvalue weighted by Crippen LogP contribution is 2.28. The van der Waals surface area contributed by atoms with E-state index in [4.69, 9.17) is 0 Å². The molecule has 182 valence electrons. The highest BCUT2D eigenvalue weighted by Gasteiger charge is 2.44. The summed E-state index contributed by atoms with van der Waals surface area (Å²) in [5.41, 5.74) is 1.27. The Morgan fingerprint density at radius 3 is 2.31 bits per heavy atom. The van der Waals surface area contributed by atoms with E-state index in [-0.39, 0.29) is 17.4 Å². The fourth-order valence-electron chi connectivity index (χ4n) is 4.80. The summed E-state index contributed by atoms with van der Waals surface area (Å²) in [6, 6.07) is 7.74. The second-order valence-corrected chi connectivity index (χ2v) is 10.3. The summed E-state index contributed by atoms with van der Waals surface area (Å²) in [6.45, 7) is 6.60. The van der Waals surface area contributed by atoms with E-state index in [9.17, 15) is 19.2 Å². The molecule has 4 heterocycles. The Morgan fingerprint density at radius 1 is 1.03 bits per heavy atom. The number of piperazine rings is 1. The van der Waals surface area contributed by atoms with Crippen LogP contribution < -0.4 is 5.56 Å². The average molecular weight is 494 g/mol. The van der Waals surface area contributed by atoms with Crippen LogP contribution in [0.5, 0.6) is 0 Å². The predicted octanol–water partition coefficient (Wildman–Crippen LogP) is 2.34. The largest absolute Gasteiger partial charge is 0.338 e. The van der Waals surface area contributed by atoms with E-state index in [1.54, 1.807) is 29.2 Å². The molecule has 2 aliphatic rings. The van der Waals surface area contributed by atoms with Crippen molar-refractivity contribution in [1.29, 1.82) is 0 Å². The van der Waals surface area contributed by atoms with Crippen LogP contribution in [-0.2, 0) is 11.3 Å². The predicted molar refractivity (Wildman–Crippen MR) is 132 cm³/mol. The lowest BCUT2D eigenvalue weighted by atomic mass is 10.0. The summed E-state index contributed by atoms with van der Waals surface area (Å²) in [4.78, 5) is 64.4. The third-order valence-electron chi connectivity index (χ3n) is 6.54. The highest BCUT2D eigenvalue weighted by molar-refractivity contribution is 7.17. The first-order valence-electron chi connectivity index (χ1n) is 11.8. The van der Waals surface area contributed by atoms with Crippen LogP contribution in [0.15, 0.2) is 40.5 Å². The van der Waals surface area contributed by atoms with Crippen molar-refractivity contribution in [2.24, 2.45) is 5.92 Å². The van der Waals surface area contributed by atoms with Crippen molar-refractivity contribution in [3.63, 3.8) is 0 Å². The van der Waals surface area contributed by atoms with Gasteiger partial charge < -0.3 is 9.88 Å².